The van der Waals surface area contributed by atoms with E-state index in [0.717, 1.165) is 0 Å². The fourth-order valence-electron chi connectivity index (χ4n) is 2.54. The maximum absolute atomic E-state index is 12.6. The number of hydrogen-bond donors (Lipinski definition) is 2. The largest absolute Gasteiger partial charge is 0.573 e. The van der Waals surface area contributed by atoms with Gasteiger partial charge in [-0.25, -0.2) is 0 Å². The van der Waals surface area contributed by atoms with E-state index >= 15 is 0 Å². The van der Waals surface area contributed by atoms with Crippen molar-refractivity contribution in [2.75, 3.05) is 6.61 Å². The number of amides is 1. The van der Waals surface area contributed by atoms with Gasteiger partial charge in [0.2, 0.25) is 5.91 Å². The van der Waals surface area contributed by atoms with Crippen molar-refractivity contribution in [1.29, 1.82) is 0 Å². The molecule has 0 radical (unpaired) electrons. The Hall–Kier alpha value is -1.93. The second-order valence-corrected chi connectivity index (χ2v) is 5.75. The van der Waals surface area contributed by atoms with Crippen molar-refractivity contribution < 1.29 is 27.8 Å². The first kappa shape index (κ1) is 18.4. The van der Waals surface area contributed by atoms with Crippen LogP contribution in [0.25, 0.3) is 5.57 Å². The Bertz CT molecular complexity index is 658. The van der Waals surface area contributed by atoms with E-state index in [1.807, 2.05) is 0 Å². The molecule has 0 aromatic heterocycles. The lowest BCUT2D eigenvalue weighted by molar-refractivity contribution is -0.274. The third kappa shape index (κ3) is 5.04. The van der Waals surface area contributed by atoms with Crippen molar-refractivity contribution in [2.24, 2.45) is 5.92 Å². The molecule has 0 spiro atoms. The Labute approximate surface area is 142 Å². The molecule has 1 aliphatic rings. The minimum Gasteiger partial charge on any atom is -0.405 e. The summed E-state index contributed by atoms with van der Waals surface area (Å²) in [4.78, 5) is 12.3. The zero-order valence-corrected chi connectivity index (χ0v) is 13.4. The zero-order chi connectivity index (χ0) is 17.7. The molecule has 1 atom stereocenters. The van der Waals surface area contributed by atoms with Crippen LogP contribution in [0.1, 0.15) is 24.8 Å². The molecule has 0 fully saturated rings. The molecule has 1 aromatic carbocycles. The van der Waals surface area contributed by atoms with Crippen LogP contribution >= 0.6 is 12.2 Å². The first-order valence-corrected chi connectivity index (χ1v) is 7.72. The van der Waals surface area contributed by atoms with Crippen molar-refractivity contribution in [2.45, 2.75) is 25.6 Å². The van der Waals surface area contributed by atoms with Crippen molar-refractivity contribution in [3.05, 3.63) is 35.9 Å². The summed E-state index contributed by atoms with van der Waals surface area (Å²) in [7, 11) is 0. The van der Waals surface area contributed by atoms with Gasteiger partial charge in [-0.1, -0.05) is 30.4 Å². The first-order valence-electron chi connectivity index (χ1n) is 7.31. The number of rotatable bonds is 4. The van der Waals surface area contributed by atoms with Gasteiger partial charge in [0, 0.05) is 24.2 Å². The Kier molecular flexibility index (Phi) is 5.95. The molecule has 0 aliphatic carbocycles. The number of benzene rings is 1. The molecular formula is C16H16F3NO3S. The third-order valence-electron chi connectivity index (χ3n) is 3.62. The lowest BCUT2D eigenvalue weighted by Crippen LogP contribution is -2.35. The van der Waals surface area contributed by atoms with Gasteiger partial charge in [0.15, 0.2) is 0 Å². The average Bonchev–Trinajstić information content (AvgIpc) is 2.47. The summed E-state index contributed by atoms with van der Waals surface area (Å²) in [5.74, 6) is -1.07. The molecule has 4 nitrogen and oxygen atoms in total. The van der Waals surface area contributed by atoms with E-state index < -0.39 is 12.3 Å². The smallest absolute Gasteiger partial charge is 0.405 e. The molecule has 1 aromatic rings. The lowest BCUT2D eigenvalue weighted by atomic mass is 9.91. The number of allylic oxidation sites excluding steroid dienone is 1. The standard InChI is InChI=1S/C16H16F3NO3S/c17-16(18,19)23-13-4-2-1-3-12(13)11-6-5-10(7-8-21)15(24)20-14(22)9-11/h1-4,9-10,21H,5-8H2,(H,20,22,24). The Morgan fingerprint density at radius 1 is 1.33 bits per heavy atom. The summed E-state index contributed by atoms with van der Waals surface area (Å²) < 4.78 is 41.7. The quantitative estimate of drug-likeness (QED) is 0.811. The van der Waals surface area contributed by atoms with Crippen molar-refractivity contribution in [3.8, 4) is 5.75 Å². The molecule has 2 rings (SSSR count). The molecule has 1 amide bonds. The highest BCUT2D eigenvalue weighted by atomic mass is 32.1. The summed E-state index contributed by atoms with van der Waals surface area (Å²) in [6, 6.07) is 5.68. The van der Waals surface area contributed by atoms with E-state index in [0.29, 0.717) is 29.8 Å². The van der Waals surface area contributed by atoms with E-state index in [9.17, 15) is 18.0 Å². The van der Waals surface area contributed by atoms with Gasteiger partial charge in [0.05, 0.1) is 4.99 Å². The fourth-order valence-corrected chi connectivity index (χ4v) is 2.88. The van der Waals surface area contributed by atoms with Gasteiger partial charge in [0.25, 0.3) is 0 Å². The molecule has 1 unspecified atom stereocenters. The van der Waals surface area contributed by atoms with E-state index in [4.69, 9.17) is 17.3 Å². The van der Waals surface area contributed by atoms with Gasteiger partial charge >= 0.3 is 6.36 Å². The van der Waals surface area contributed by atoms with Crippen LogP contribution in [-0.2, 0) is 4.79 Å². The summed E-state index contributed by atoms with van der Waals surface area (Å²) in [6.07, 6.45) is -2.35. The average molecular weight is 359 g/mol. The van der Waals surface area contributed by atoms with Crippen molar-refractivity contribution >= 4 is 28.7 Å². The van der Waals surface area contributed by atoms with E-state index in [-0.39, 0.29) is 23.8 Å². The molecule has 0 saturated carbocycles. The zero-order valence-electron chi connectivity index (χ0n) is 12.6. The Balaban J connectivity index is 2.33. The van der Waals surface area contributed by atoms with Gasteiger partial charge in [-0.15, -0.1) is 13.2 Å². The highest BCUT2D eigenvalue weighted by Crippen LogP contribution is 2.34. The molecule has 2 N–H and O–H groups in total. The maximum Gasteiger partial charge on any atom is 0.573 e. The number of nitrogens with one attached hydrogen (secondary N) is 1. The van der Waals surface area contributed by atoms with Crippen LogP contribution in [0.4, 0.5) is 13.2 Å². The van der Waals surface area contributed by atoms with Gasteiger partial charge < -0.3 is 15.2 Å². The number of thiocarbonyl (C=S) groups is 1. The van der Waals surface area contributed by atoms with E-state index in [2.05, 4.69) is 10.1 Å². The van der Waals surface area contributed by atoms with Crippen LogP contribution in [0.3, 0.4) is 0 Å². The van der Waals surface area contributed by atoms with E-state index in [1.165, 1.54) is 24.3 Å². The summed E-state index contributed by atoms with van der Waals surface area (Å²) in [5, 5.41) is 11.6. The molecule has 8 heteroatoms. The monoisotopic (exact) mass is 359 g/mol. The topological polar surface area (TPSA) is 58.6 Å². The molecule has 0 bridgehead atoms. The second-order valence-electron chi connectivity index (χ2n) is 5.31. The van der Waals surface area contributed by atoms with Crippen LogP contribution < -0.4 is 10.1 Å². The Morgan fingerprint density at radius 2 is 2.04 bits per heavy atom. The van der Waals surface area contributed by atoms with Crippen LogP contribution in [0, 0.1) is 5.92 Å². The molecule has 1 aliphatic heterocycles. The van der Waals surface area contributed by atoms with E-state index in [1.54, 1.807) is 6.07 Å². The van der Waals surface area contributed by atoms with Gasteiger partial charge in [0.1, 0.15) is 5.75 Å². The highest BCUT2D eigenvalue weighted by Gasteiger charge is 2.32. The minimum absolute atomic E-state index is 0.0898. The molecule has 0 saturated heterocycles. The SMILES string of the molecule is O=C1C=C(c2ccccc2OC(F)(F)F)CCC(CCO)C(=S)N1. The number of aliphatic hydroxyl groups excluding tert-OH is 1. The third-order valence-corrected chi connectivity index (χ3v) is 4.06. The molecular weight excluding hydrogens is 343 g/mol. The van der Waals surface area contributed by atoms with Gasteiger partial charge in [-0.3, -0.25) is 4.79 Å². The van der Waals surface area contributed by atoms with Gasteiger partial charge in [-0.2, -0.15) is 0 Å². The predicted octanol–water partition coefficient (Wildman–Crippen LogP) is 3.20. The number of halogens is 3. The Morgan fingerprint density at radius 3 is 2.71 bits per heavy atom. The minimum atomic E-state index is -4.82. The first-order chi connectivity index (χ1) is 11.3. The number of ether oxygens (including phenoxy) is 1. The fraction of sp³-hybridized carbons (Fsp3) is 0.375. The number of carbonyl (C=O) groups excluding carboxylic acids is 1. The highest BCUT2D eigenvalue weighted by molar-refractivity contribution is 7.80. The number of para-hydroxylation sites is 1. The van der Waals surface area contributed by atoms with Crippen molar-refractivity contribution in [3.63, 3.8) is 0 Å². The summed E-state index contributed by atoms with van der Waals surface area (Å²) in [5.41, 5.74) is 0.637. The lowest BCUT2D eigenvalue weighted by Gasteiger charge is -2.22. The summed E-state index contributed by atoms with van der Waals surface area (Å²) >= 11 is 5.12. The van der Waals surface area contributed by atoms with Crippen LogP contribution in [-0.4, -0.2) is 29.0 Å². The molecule has 1 heterocycles. The van der Waals surface area contributed by atoms with Crippen molar-refractivity contribution in [1.82, 2.24) is 5.32 Å². The molecule has 24 heavy (non-hydrogen) atoms. The van der Waals surface area contributed by atoms with Crippen LogP contribution in [0.2, 0.25) is 0 Å². The predicted molar refractivity (Wildman–Crippen MR) is 86.3 cm³/mol. The maximum atomic E-state index is 12.6. The normalized spacial score (nSPS) is 19.2. The number of hydrogen-bond acceptors (Lipinski definition) is 4. The van der Waals surface area contributed by atoms with Crippen LogP contribution in [0.15, 0.2) is 30.3 Å². The molecule has 130 valence electrons. The number of aliphatic hydroxyl groups is 1. The number of alkyl halides is 3. The summed E-state index contributed by atoms with van der Waals surface area (Å²) in [6.45, 7) is -0.0898. The van der Waals surface area contributed by atoms with Crippen LogP contribution in [0.5, 0.6) is 5.75 Å². The number of carbonyl (C=O) groups is 1. The second kappa shape index (κ2) is 7.76. The van der Waals surface area contributed by atoms with Gasteiger partial charge in [-0.05, 0) is 30.9 Å².